The number of aromatic nitrogens is 2. The van der Waals surface area contributed by atoms with Gasteiger partial charge in [0.2, 0.25) is 0 Å². The van der Waals surface area contributed by atoms with Crippen LogP contribution in [0.4, 0.5) is 0 Å². The molecule has 1 unspecified atom stereocenters. The lowest BCUT2D eigenvalue weighted by Gasteiger charge is -2.30. The van der Waals surface area contributed by atoms with Crippen LogP contribution >= 0.6 is 0 Å². The van der Waals surface area contributed by atoms with Crippen LogP contribution in [-0.4, -0.2) is 67.0 Å². The molecule has 2 N–H and O–H groups in total. The molecular formula is C15H28N4O2. The van der Waals surface area contributed by atoms with Crippen LogP contribution in [0.15, 0.2) is 6.33 Å². The van der Waals surface area contributed by atoms with Gasteiger partial charge in [0.25, 0.3) is 0 Å². The molecule has 2 rings (SSSR count). The maximum Gasteiger partial charge on any atom is 0.0925 e. The molecule has 1 atom stereocenters. The Bertz CT molecular complexity index is 387. The molecule has 0 aliphatic carbocycles. The van der Waals surface area contributed by atoms with Crippen molar-refractivity contribution in [3.05, 3.63) is 17.7 Å². The van der Waals surface area contributed by atoms with Crippen molar-refractivity contribution < 1.29 is 9.47 Å². The van der Waals surface area contributed by atoms with E-state index in [1.54, 1.807) is 6.33 Å². The predicted octanol–water partition coefficient (Wildman–Crippen LogP) is 0.799. The van der Waals surface area contributed by atoms with Crippen LogP contribution in [0.1, 0.15) is 25.2 Å². The summed E-state index contributed by atoms with van der Waals surface area (Å²) in [7, 11) is 0. The van der Waals surface area contributed by atoms with Crippen molar-refractivity contribution >= 4 is 0 Å². The van der Waals surface area contributed by atoms with Crippen LogP contribution in [0.5, 0.6) is 0 Å². The summed E-state index contributed by atoms with van der Waals surface area (Å²) in [5.41, 5.74) is 2.43. The number of hydrogen-bond acceptors (Lipinski definition) is 5. The highest BCUT2D eigenvalue weighted by molar-refractivity contribution is 5.15. The van der Waals surface area contributed by atoms with Gasteiger partial charge >= 0.3 is 0 Å². The molecule has 1 aliphatic rings. The molecule has 0 radical (unpaired) electrons. The summed E-state index contributed by atoms with van der Waals surface area (Å²) in [5, 5.41) is 3.58. The summed E-state index contributed by atoms with van der Waals surface area (Å²) >= 11 is 0. The Balaban J connectivity index is 1.79. The smallest absolute Gasteiger partial charge is 0.0925 e. The first-order valence-electron chi connectivity index (χ1n) is 7.95. The Kier molecular flexibility index (Phi) is 7.15. The summed E-state index contributed by atoms with van der Waals surface area (Å²) < 4.78 is 11.0. The molecule has 0 amide bonds. The Labute approximate surface area is 127 Å². The lowest BCUT2D eigenvalue weighted by Crippen LogP contribution is -2.46. The SMILES string of the molecule is CCOCCN(CCOCC)CC1Cc2nc[nH]c2CN1. The van der Waals surface area contributed by atoms with E-state index in [9.17, 15) is 0 Å². The van der Waals surface area contributed by atoms with E-state index in [2.05, 4.69) is 20.2 Å². The first-order chi connectivity index (χ1) is 10.3. The van der Waals surface area contributed by atoms with Crippen molar-refractivity contribution in [1.29, 1.82) is 0 Å². The standard InChI is InChI=1S/C15H28N4O2/c1-3-20-7-5-19(6-8-21-4-2)11-13-9-14-15(10-16-13)18-12-17-14/h12-13,16H,3-11H2,1-2H3,(H,17,18). The minimum Gasteiger partial charge on any atom is -0.380 e. The van der Waals surface area contributed by atoms with E-state index in [1.807, 2.05) is 13.8 Å². The maximum atomic E-state index is 5.48. The molecule has 6 heteroatoms. The lowest BCUT2D eigenvalue weighted by molar-refractivity contribution is 0.0778. The Morgan fingerprint density at radius 2 is 1.95 bits per heavy atom. The summed E-state index contributed by atoms with van der Waals surface area (Å²) in [6, 6.07) is 0.448. The van der Waals surface area contributed by atoms with Gasteiger partial charge in [-0.25, -0.2) is 4.98 Å². The van der Waals surface area contributed by atoms with Gasteiger partial charge < -0.3 is 19.8 Å². The summed E-state index contributed by atoms with van der Waals surface area (Å²) in [4.78, 5) is 10.0. The number of ether oxygens (including phenoxy) is 2. The van der Waals surface area contributed by atoms with Gasteiger partial charge in [-0.05, 0) is 13.8 Å². The third kappa shape index (κ3) is 5.39. The van der Waals surface area contributed by atoms with E-state index in [-0.39, 0.29) is 0 Å². The minimum atomic E-state index is 0.448. The molecule has 1 aromatic rings. The third-order valence-corrected chi connectivity index (χ3v) is 3.81. The first kappa shape index (κ1) is 16.4. The Morgan fingerprint density at radius 3 is 2.62 bits per heavy atom. The number of nitrogens with zero attached hydrogens (tertiary/aromatic N) is 2. The fraction of sp³-hybridized carbons (Fsp3) is 0.800. The van der Waals surface area contributed by atoms with E-state index in [1.165, 1.54) is 11.4 Å². The van der Waals surface area contributed by atoms with Crippen molar-refractivity contribution in [2.75, 3.05) is 46.1 Å². The van der Waals surface area contributed by atoms with Gasteiger partial charge in [-0.2, -0.15) is 0 Å². The second-order valence-corrected chi connectivity index (χ2v) is 5.30. The zero-order chi connectivity index (χ0) is 14.9. The largest absolute Gasteiger partial charge is 0.380 e. The van der Waals surface area contributed by atoms with Crippen molar-refractivity contribution in [1.82, 2.24) is 20.2 Å². The van der Waals surface area contributed by atoms with Crippen LogP contribution in [-0.2, 0) is 22.4 Å². The number of fused-ring (bicyclic) bond motifs is 1. The highest BCUT2D eigenvalue weighted by Gasteiger charge is 2.21. The normalized spacial score (nSPS) is 18.1. The molecule has 0 saturated carbocycles. The van der Waals surface area contributed by atoms with Gasteiger partial charge in [0.05, 0.1) is 30.9 Å². The first-order valence-corrected chi connectivity index (χ1v) is 7.95. The van der Waals surface area contributed by atoms with Crippen LogP contribution < -0.4 is 5.32 Å². The fourth-order valence-electron chi connectivity index (χ4n) is 2.64. The topological polar surface area (TPSA) is 62.4 Å². The Morgan fingerprint density at radius 1 is 1.24 bits per heavy atom. The summed E-state index contributed by atoms with van der Waals surface area (Å²) in [6.07, 6.45) is 2.77. The summed E-state index contributed by atoms with van der Waals surface area (Å²) in [6.45, 7) is 11.0. The number of H-pyrrole nitrogens is 1. The molecule has 0 bridgehead atoms. The van der Waals surface area contributed by atoms with Crippen LogP contribution in [0.2, 0.25) is 0 Å². The molecule has 0 spiro atoms. The monoisotopic (exact) mass is 296 g/mol. The van der Waals surface area contributed by atoms with E-state index in [0.717, 1.165) is 59.0 Å². The van der Waals surface area contributed by atoms with Gasteiger partial charge in [-0.1, -0.05) is 0 Å². The molecule has 0 aromatic carbocycles. The average Bonchev–Trinajstić information content (AvgIpc) is 2.95. The van der Waals surface area contributed by atoms with Crippen molar-refractivity contribution in [2.24, 2.45) is 0 Å². The molecule has 6 nitrogen and oxygen atoms in total. The number of hydrogen-bond donors (Lipinski definition) is 2. The zero-order valence-electron chi connectivity index (χ0n) is 13.2. The predicted molar refractivity (Wildman–Crippen MR) is 82.3 cm³/mol. The quantitative estimate of drug-likeness (QED) is 0.625. The van der Waals surface area contributed by atoms with Gasteiger partial charge in [0.1, 0.15) is 0 Å². The second kappa shape index (κ2) is 9.15. The molecular weight excluding hydrogens is 268 g/mol. The Hall–Kier alpha value is -0.950. The molecule has 120 valence electrons. The van der Waals surface area contributed by atoms with Gasteiger partial charge in [0.15, 0.2) is 0 Å². The fourth-order valence-corrected chi connectivity index (χ4v) is 2.64. The molecule has 1 aromatic heterocycles. The van der Waals surface area contributed by atoms with E-state index in [0.29, 0.717) is 6.04 Å². The van der Waals surface area contributed by atoms with E-state index >= 15 is 0 Å². The van der Waals surface area contributed by atoms with E-state index in [4.69, 9.17) is 9.47 Å². The number of imidazole rings is 1. The van der Waals surface area contributed by atoms with Crippen LogP contribution in [0.25, 0.3) is 0 Å². The van der Waals surface area contributed by atoms with Crippen LogP contribution in [0.3, 0.4) is 0 Å². The van der Waals surface area contributed by atoms with Crippen LogP contribution in [0, 0.1) is 0 Å². The van der Waals surface area contributed by atoms with Gasteiger partial charge in [-0.15, -0.1) is 0 Å². The second-order valence-electron chi connectivity index (χ2n) is 5.30. The third-order valence-electron chi connectivity index (χ3n) is 3.81. The number of aromatic amines is 1. The lowest BCUT2D eigenvalue weighted by atomic mass is 10.0. The van der Waals surface area contributed by atoms with Crippen molar-refractivity contribution in [2.45, 2.75) is 32.9 Å². The van der Waals surface area contributed by atoms with Crippen molar-refractivity contribution in [3.63, 3.8) is 0 Å². The molecule has 0 saturated heterocycles. The van der Waals surface area contributed by atoms with Gasteiger partial charge in [0, 0.05) is 51.9 Å². The number of rotatable bonds is 10. The minimum absolute atomic E-state index is 0.448. The summed E-state index contributed by atoms with van der Waals surface area (Å²) in [5.74, 6) is 0. The van der Waals surface area contributed by atoms with E-state index < -0.39 is 0 Å². The highest BCUT2D eigenvalue weighted by atomic mass is 16.5. The molecule has 1 aliphatic heterocycles. The zero-order valence-corrected chi connectivity index (χ0v) is 13.2. The maximum absolute atomic E-state index is 5.48. The highest BCUT2D eigenvalue weighted by Crippen LogP contribution is 2.12. The molecule has 21 heavy (non-hydrogen) atoms. The average molecular weight is 296 g/mol. The van der Waals surface area contributed by atoms with Crippen molar-refractivity contribution in [3.8, 4) is 0 Å². The number of nitrogens with one attached hydrogen (secondary N) is 2. The molecule has 2 heterocycles. The van der Waals surface area contributed by atoms with Gasteiger partial charge in [-0.3, -0.25) is 4.90 Å². The molecule has 0 fully saturated rings.